The third-order valence-electron chi connectivity index (χ3n) is 9.98. The molecule has 0 radical (unpaired) electrons. The van der Waals surface area contributed by atoms with Gasteiger partial charge in [0.05, 0.1) is 23.7 Å². The molecule has 178 valence electrons. The van der Waals surface area contributed by atoms with Crippen LogP contribution in [0.5, 0.6) is 0 Å². The molecule has 4 aliphatic rings. The normalized spacial score (nSPS) is 40.2. The van der Waals surface area contributed by atoms with Gasteiger partial charge in [0.15, 0.2) is 0 Å². The number of aliphatic hydroxyl groups excluding tert-OH is 1. The lowest BCUT2D eigenvalue weighted by Crippen LogP contribution is -2.59. The average Bonchev–Trinajstić information content (AvgIpc) is 3.30. The summed E-state index contributed by atoms with van der Waals surface area (Å²) in [5, 5.41) is 27.9. The maximum Gasteiger partial charge on any atom is 0.131 e. The quantitative estimate of drug-likeness (QED) is 0.485. The Morgan fingerprint density at radius 2 is 1.94 bits per heavy atom. The van der Waals surface area contributed by atoms with Crippen LogP contribution in [0.4, 0.5) is 0 Å². The largest absolute Gasteiger partial charge is 0.393 e. The summed E-state index contributed by atoms with van der Waals surface area (Å²) in [5.41, 5.74) is 3.54. The fourth-order valence-electron chi connectivity index (χ4n) is 8.39. The Morgan fingerprint density at radius 1 is 1.18 bits per heavy atom. The van der Waals surface area contributed by atoms with E-state index in [2.05, 4.69) is 76.6 Å². The van der Waals surface area contributed by atoms with Crippen molar-refractivity contribution in [3.63, 3.8) is 0 Å². The molecule has 1 aromatic carbocycles. The Morgan fingerprint density at radius 3 is 2.68 bits per heavy atom. The second kappa shape index (κ2) is 7.56. The Kier molecular flexibility index (Phi) is 5.02. The molecule has 3 fully saturated rings. The van der Waals surface area contributed by atoms with Crippen molar-refractivity contribution in [2.24, 2.45) is 28.6 Å². The van der Waals surface area contributed by atoms with Gasteiger partial charge in [-0.2, -0.15) is 5.10 Å². The predicted molar refractivity (Wildman–Crippen MR) is 137 cm³/mol. The van der Waals surface area contributed by atoms with E-state index < -0.39 is 11.7 Å². The first-order chi connectivity index (χ1) is 16.2. The van der Waals surface area contributed by atoms with Gasteiger partial charge in [-0.1, -0.05) is 41.3 Å². The second-order valence-corrected chi connectivity index (χ2v) is 12.4. The molecule has 0 spiro atoms. The monoisotopic (exact) mass is 520 g/mol. The Bertz CT molecular complexity index is 1240. The summed E-state index contributed by atoms with van der Waals surface area (Å²) in [4.78, 5) is 0. The minimum Gasteiger partial charge on any atom is -0.393 e. The Labute approximate surface area is 210 Å². The van der Waals surface area contributed by atoms with Crippen LogP contribution in [0.25, 0.3) is 11.8 Å². The smallest absolute Gasteiger partial charge is 0.131 e. The van der Waals surface area contributed by atoms with E-state index in [9.17, 15) is 10.2 Å². The van der Waals surface area contributed by atoms with Crippen molar-refractivity contribution in [2.75, 3.05) is 0 Å². The highest BCUT2D eigenvalue weighted by Crippen LogP contribution is 2.67. The van der Waals surface area contributed by atoms with E-state index in [-0.39, 0.29) is 16.7 Å². The minimum atomic E-state index is -0.985. The molecule has 6 rings (SSSR count). The van der Waals surface area contributed by atoms with Crippen LogP contribution in [-0.2, 0) is 6.42 Å². The van der Waals surface area contributed by atoms with E-state index in [0.717, 1.165) is 35.8 Å². The van der Waals surface area contributed by atoms with Gasteiger partial charge in [0.2, 0.25) is 0 Å². The average molecular weight is 521 g/mol. The molecule has 5 heteroatoms. The first-order valence-electron chi connectivity index (χ1n) is 12.6. The van der Waals surface area contributed by atoms with E-state index in [1.54, 1.807) is 0 Å². The van der Waals surface area contributed by atoms with Crippen molar-refractivity contribution in [1.82, 2.24) is 9.78 Å². The maximum atomic E-state index is 11.7. The lowest BCUT2D eigenvalue weighted by atomic mass is 9.45. The summed E-state index contributed by atoms with van der Waals surface area (Å²) in [6, 6.07) is 8.28. The van der Waals surface area contributed by atoms with Crippen molar-refractivity contribution < 1.29 is 10.2 Å². The molecule has 0 unspecified atom stereocenters. The van der Waals surface area contributed by atoms with Crippen molar-refractivity contribution in [3.05, 3.63) is 51.8 Å². The van der Waals surface area contributed by atoms with E-state index in [0.29, 0.717) is 24.7 Å². The molecule has 0 bridgehead atoms. The van der Waals surface area contributed by atoms with Gasteiger partial charge in [0, 0.05) is 9.89 Å². The van der Waals surface area contributed by atoms with Crippen LogP contribution in [0.2, 0.25) is 0 Å². The number of aliphatic hydroxyl groups is 2. The molecular weight excluding hydrogens is 488 g/mol. The molecule has 4 nitrogen and oxygen atoms in total. The molecule has 1 heterocycles. The van der Waals surface area contributed by atoms with Gasteiger partial charge in [0.25, 0.3) is 0 Å². The Balaban J connectivity index is 1.38. The first kappa shape index (κ1) is 22.6. The van der Waals surface area contributed by atoms with Gasteiger partial charge >= 0.3 is 0 Å². The zero-order chi connectivity index (χ0) is 23.9. The molecule has 2 N–H and O–H groups in total. The first-order valence-corrected chi connectivity index (χ1v) is 13.4. The fraction of sp³-hybridized carbons (Fsp3) is 0.552. The number of allylic oxidation sites excluding steroid dienone is 1. The second-order valence-electron chi connectivity index (χ2n) is 11.5. The molecule has 0 aliphatic heterocycles. The van der Waals surface area contributed by atoms with Gasteiger partial charge in [-0.05, 0) is 105 Å². The lowest BCUT2D eigenvalue weighted by molar-refractivity contribution is -0.152. The third-order valence-corrected chi connectivity index (χ3v) is 10.5. The van der Waals surface area contributed by atoms with Crippen LogP contribution in [0.3, 0.4) is 0 Å². The van der Waals surface area contributed by atoms with Crippen molar-refractivity contribution in [1.29, 1.82) is 0 Å². The molecule has 34 heavy (non-hydrogen) atoms. The third kappa shape index (κ3) is 2.95. The zero-order valence-corrected chi connectivity index (χ0v) is 21.8. The Hall–Kier alpha value is -1.87. The van der Waals surface area contributed by atoms with Gasteiger partial charge in [-0.3, -0.25) is 0 Å². The highest BCUT2D eigenvalue weighted by Gasteiger charge is 2.66. The van der Waals surface area contributed by atoms with Gasteiger partial charge in [-0.25, -0.2) is 4.68 Å². The zero-order valence-electron chi connectivity index (χ0n) is 20.2. The van der Waals surface area contributed by atoms with E-state index in [4.69, 9.17) is 5.10 Å². The summed E-state index contributed by atoms with van der Waals surface area (Å²) in [6.07, 6.45) is 9.30. The number of hydrogen-bond acceptors (Lipinski definition) is 3. The predicted octanol–water partition coefficient (Wildman–Crippen LogP) is 5.54. The van der Waals surface area contributed by atoms with Crippen LogP contribution in [0.1, 0.15) is 64.1 Å². The number of rotatable bonds is 1. The number of benzene rings is 1. The minimum absolute atomic E-state index is 0.0820. The summed E-state index contributed by atoms with van der Waals surface area (Å²) in [7, 11) is 0. The molecule has 1 aromatic heterocycles. The topological polar surface area (TPSA) is 58.3 Å². The van der Waals surface area contributed by atoms with E-state index >= 15 is 0 Å². The number of hydrogen-bond donors (Lipinski definition) is 2. The highest BCUT2D eigenvalue weighted by molar-refractivity contribution is 9.10. The molecule has 2 aromatic rings. The van der Waals surface area contributed by atoms with E-state index in [1.807, 2.05) is 13.1 Å². The molecule has 7 atom stereocenters. The number of nitrogens with zero attached hydrogens (tertiary/aromatic N) is 2. The van der Waals surface area contributed by atoms with E-state index in [1.165, 1.54) is 16.8 Å². The van der Waals surface area contributed by atoms with Crippen LogP contribution >= 0.6 is 15.9 Å². The molecule has 4 aliphatic carbocycles. The number of halogens is 1. The van der Waals surface area contributed by atoms with Crippen LogP contribution < -0.4 is 0 Å². The summed E-state index contributed by atoms with van der Waals surface area (Å²) in [5.74, 6) is 7.13. The van der Waals surface area contributed by atoms with Crippen molar-refractivity contribution >= 4 is 22.0 Å². The SMILES string of the molecule is CC#C[C@]1(O)CC[C@H]2[C@@H]3CCC4=Cc5c(cnn5-c5ccc(Br)cc5)C[C@]4(C)[C@H]3[C@@H](O)C[C@@]21C. The van der Waals surface area contributed by atoms with Gasteiger partial charge in [0.1, 0.15) is 5.60 Å². The fourth-order valence-corrected chi connectivity index (χ4v) is 8.65. The maximum absolute atomic E-state index is 11.7. The van der Waals surface area contributed by atoms with Crippen LogP contribution in [0.15, 0.2) is 40.5 Å². The van der Waals surface area contributed by atoms with Crippen LogP contribution in [-0.4, -0.2) is 31.7 Å². The standard InChI is InChI=1S/C29H33BrN2O2/c1-4-12-29(34)13-11-23-22-10-5-19-14-24-18(17-31-32(24)21-8-6-20(30)7-9-21)15-27(19,2)26(22)25(33)16-28(23,29)3/h6-9,14,17,22-23,25-26,33-34H,5,10-11,13,15-16H2,1-3H3/t22-,23-,25-,26+,27-,28-,29-/m0/s1. The summed E-state index contributed by atoms with van der Waals surface area (Å²) >= 11 is 3.52. The molecule has 0 saturated heterocycles. The number of fused-ring (bicyclic) bond motifs is 6. The summed E-state index contributed by atoms with van der Waals surface area (Å²) in [6.45, 7) is 6.36. The molecular formula is C29H33BrN2O2. The van der Waals surface area contributed by atoms with Crippen molar-refractivity contribution in [3.8, 4) is 17.5 Å². The highest BCUT2D eigenvalue weighted by atomic mass is 79.9. The lowest BCUT2D eigenvalue weighted by Gasteiger charge is -2.60. The van der Waals surface area contributed by atoms with Crippen LogP contribution in [0, 0.1) is 40.4 Å². The van der Waals surface area contributed by atoms with Gasteiger partial charge < -0.3 is 10.2 Å². The number of aromatic nitrogens is 2. The van der Waals surface area contributed by atoms with Crippen molar-refractivity contribution in [2.45, 2.75) is 71.0 Å². The van der Waals surface area contributed by atoms with Gasteiger partial charge in [-0.15, -0.1) is 5.92 Å². The molecule has 0 amide bonds. The summed E-state index contributed by atoms with van der Waals surface area (Å²) < 4.78 is 3.11. The molecule has 3 saturated carbocycles.